The number of hydrogen-bond acceptors (Lipinski definition) is 8. The summed E-state index contributed by atoms with van der Waals surface area (Å²) in [5.74, 6) is 0.734. The fraction of sp³-hybridized carbons (Fsp3) is 0.278. The van der Waals surface area contributed by atoms with Crippen LogP contribution in [0.5, 0.6) is 5.75 Å². The van der Waals surface area contributed by atoms with Gasteiger partial charge in [-0.05, 0) is 22.9 Å². The van der Waals surface area contributed by atoms with Gasteiger partial charge in [-0.15, -0.1) is 10.2 Å². The predicted molar refractivity (Wildman–Crippen MR) is 110 cm³/mol. The number of Topliss-reactive ketones (excluding diaryl/α,β-unsaturated/α-hetero) is 1. The van der Waals surface area contributed by atoms with Gasteiger partial charge in [-0.25, -0.2) is 14.6 Å². The van der Waals surface area contributed by atoms with Crippen LogP contribution in [0.4, 0.5) is 0 Å². The van der Waals surface area contributed by atoms with Gasteiger partial charge in [-0.1, -0.05) is 0 Å². The van der Waals surface area contributed by atoms with Gasteiger partial charge in [0.25, 0.3) is 11.7 Å². The average Bonchev–Trinajstić information content (AvgIpc) is 3.50. The molecule has 12 nitrogen and oxygen atoms in total. The minimum atomic E-state index is -0.650. The highest BCUT2D eigenvalue weighted by atomic mass is 79.9. The lowest BCUT2D eigenvalue weighted by Gasteiger charge is -2.26. The number of ether oxygens (including phenoxy) is 1. The molecule has 0 spiro atoms. The lowest BCUT2D eigenvalue weighted by Crippen LogP contribution is -2.42. The SMILES string of the molecule is COc1cnc(-n2cnc(C)n2)c2[nH]cc(C(=O)C(=O)N3CCn4c(Br)nnc4C3)c12. The summed E-state index contributed by atoms with van der Waals surface area (Å²) in [6.45, 7) is 2.84. The monoisotopic (exact) mass is 485 g/mol. The van der Waals surface area contributed by atoms with Crippen molar-refractivity contribution in [2.45, 2.75) is 20.0 Å². The maximum atomic E-state index is 13.2. The number of carbonyl (C=O) groups excluding carboxylic acids is 2. The second-order valence-electron chi connectivity index (χ2n) is 6.93. The predicted octanol–water partition coefficient (Wildman–Crippen LogP) is 1.04. The highest BCUT2D eigenvalue weighted by Gasteiger charge is 2.31. The minimum absolute atomic E-state index is 0.200. The van der Waals surface area contributed by atoms with Gasteiger partial charge in [0.15, 0.2) is 16.4 Å². The zero-order valence-electron chi connectivity index (χ0n) is 16.5. The van der Waals surface area contributed by atoms with E-state index in [0.29, 0.717) is 51.9 Å². The number of rotatable bonds is 4. The Morgan fingerprint density at radius 3 is 2.81 bits per heavy atom. The summed E-state index contributed by atoms with van der Waals surface area (Å²) >= 11 is 3.32. The smallest absolute Gasteiger partial charge is 0.295 e. The third-order valence-corrected chi connectivity index (χ3v) is 5.72. The highest BCUT2D eigenvalue weighted by Crippen LogP contribution is 2.32. The molecule has 1 aliphatic rings. The third-order valence-electron chi connectivity index (χ3n) is 5.13. The second kappa shape index (κ2) is 7.27. The van der Waals surface area contributed by atoms with E-state index in [1.165, 1.54) is 35.4 Å². The Bertz CT molecular complexity index is 1340. The number of fused-ring (bicyclic) bond motifs is 2. The topological polar surface area (TPSA) is 137 Å². The number of H-pyrrole nitrogens is 1. The van der Waals surface area contributed by atoms with Crippen molar-refractivity contribution in [3.05, 3.63) is 40.7 Å². The van der Waals surface area contributed by atoms with E-state index in [0.717, 1.165) is 0 Å². The summed E-state index contributed by atoms with van der Waals surface area (Å²) in [6.07, 6.45) is 4.51. The van der Waals surface area contributed by atoms with Gasteiger partial charge < -0.3 is 19.2 Å². The second-order valence-corrected chi connectivity index (χ2v) is 7.64. The maximum absolute atomic E-state index is 13.2. The Morgan fingerprint density at radius 2 is 2.06 bits per heavy atom. The molecule has 0 atom stereocenters. The molecule has 5 heterocycles. The van der Waals surface area contributed by atoms with Crippen LogP contribution in [0.2, 0.25) is 0 Å². The van der Waals surface area contributed by atoms with E-state index in [1.54, 1.807) is 6.92 Å². The quantitative estimate of drug-likeness (QED) is 0.334. The molecule has 1 N–H and O–H groups in total. The van der Waals surface area contributed by atoms with Gasteiger partial charge in [0.2, 0.25) is 0 Å². The first kappa shape index (κ1) is 19.4. The molecule has 0 unspecified atom stereocenters. The average molecular weight is 486 g/mol. The Labute approximate surface area is 183 Å². The molecule has 5 rings (SSSR count). The van der Waals surface area contributed by atoms with E-state index in [4.69, 9.17) is 4.74 Å². The van der Waals surface area contributed by atoms with Crippen LogP contribution in [0, 0.1) is 6.92 Å². The van der Waals surface area contributed by atoms with Crippen molar-refractivity contribution in [1.82, 2.24) is 44.4 Å². The number of aromatic nitrogens is 8. The van der Waals surface area contributed by atoms with Gasteiger partial charge in [-0.2, -0.15) is 5.10 Å². The Balaban J connectivity index is 1.52. The van der Waals surface area contributed by atoms with Crippen molar-refractivity contribution in [3.63, 3.8) is 0 Å². The highest BCUT2D eigenvalue weighted by molar-refractivity contribution is 9.10. The number of amides is 1. The lowest BCUT2D eigenvalue weighted by molar-refractivity contribution is -0.127. The molecule has 0 radical (unpaired) electrons. The summed E-state index contributed by atoms with van der Waals surface area (Å²) in [5, 5.41) is 12.7. The molecule has 31 heavy (non-hydrogen) atoms. The minimum Gasteiger partial charge on any atom is -0.494 e. The fourth-order valence-corrected chi connectivity index (χ4v) is 4.08. The van der Waals surface area contributed by atoms with Gasteiger partial charge in [0.1, 0.15) is 17.9 Å². The van der Waals surface area contributed by atoms with Crippen LogP contribution < -0.4 is 4.74 Å². The molecule has 1 amide bonds. The number of halogens is 1. The van der Waals surface area contributed by atoms with Crippen LogP contribution in [0.25, 0.3) is 16.7 Å². The van der Waals surface area contributed by atoms with Crippen molar-refractivity contribution < 1.29 is 14.3 Å². The number of nitrogens with one attached hydrogen (secondary N) is 1. The third kappa shape index (κ3) is 3.08. The number of nitrogens with zero attached hydrogens (tertiary/aromatic N) is 8. The molecular formula is C18H16BrN9O3. The number of aromatic amines is 1. The zero-order valence-corrected chi connectivity index (χ0v) is 18.1. The van der Waals surface area contributed by atoms with E-state index in [2.05, 4.69) is 46.2 Å². The number of ketones is 1. The number of methoxy groups -OCH3 is 1. The van der Waals surface area contributed by atoms with Gasteiger partial charge in [0.05, 0.1) is 36.3 Å². The largest absolute Gasteiger partial charge is 0.494 e. The Hall–Kier alpha value is -3.61. The van der Waals surface area contributed by atoms with Gasteiger partial charge in [-0.3, -0.25) is 9.59 Å². The van der Waals surface area contributed by atoms with Crippen LogP contribution in [-0.2, 0) is 17.9 Å². The van der Waals surface area contributed by atoms with E-state index in [9.17, 15) is 9.59 Å². The van der Waals surface area contributed by atoms with Crippen LogP contribution in [0.15, 0.2) is 23.5 Å². The van der Waals surface area contributed by atoms with Gasteiger partial charge in [0, 0.05) is 19.3 Å². The Kier molecular flexibility index (Phi) is 4.54. The van der Waals surface area contributed by atoms with Crippen molar-refractivity contribution in [2.24, 2.45) is 0 Å². The summed E-state index contributed by atoms with van der Waals surface area (Å²) < 4.78 is 9.38. The van der Waals surface area contributed by atoms with Crippen molar-refractivity contribution in [1.29, 1.82) is 0 Å². The first-order valence-electron chi connectivity index (χ1n) is 9.31. The number of aryl methyl sites for hydroxylation is 1. The molecule has 0 bridgehead atoms. The molecule has 0 aromatic carbocycles. The molecular weight excluding hydrogens is 470 g/mol. The van der Waals surface area contributed by atoms with E-state index in [1.807, 2.05) is 4.57 Å². The van der Waals surface area contributed by atoms with Crippen molar-refractivity contribution >= 4 is 38.5 Å². The molecule has 0 saturated carbocycles. The summed E-state index contributed by atoms with van der Waals surface area (Å²) in [6, 6.07) is 0. The molecule has 4 aromatic rings. The fourth-order valence-electron chi connectivity index (χ4n) is 3.61. The van der Waals surface area contributed by atoms with Crippen LogP contribution >= 0.6 is 15.9 Å². The maximum Gasteiger partial charge on any atom is 0.295 e. The number of hydrogen-bond donors (Lipinski definition) is 1. The Morgan fingerprint density at radius 1 is 1.23 bits per heavy atom. The van der Waals surface area contributed by atoms with Crippen LogP contribution in [0.3, 0.4) is 0 Å². The molecule has 13 heteroatoms. The summed E-state index contributed by atoms with van der Waals surface area (Å²) in [4.78, 5) is 39.2. The van der Waals surface area contributed by atoms with Crippen LogP contribution in [0.1, 0.15) is 22.0 Å². The lowest BCUT2D eigenvalue weighted by atomic mass is 10.1. The first-order valence-corrected chi connectivity index (χ1v) is 10.1. The van der Waals surface area contributed by atoms with Crippen molar-refractivity contribution in [3.8, 4) is 11.6 Å². The molecule has 4 aromatic heterocycles. The molecule has 0 aliphatic carbocycles. The summed E-state index contributed by atoms with van der Waals surface area (Å²) in [7, 11) is 1.48. The zero-order chi connectivity index (χ0) is 21.7. The summed E-state index contributed by atoms with van der Waals surface area (Å²) in [5.41, 5.74) is 0.716. The molecule has 158 valence electrons. The van der Waals surface area contributed by atoms with E-state index >= 15 is 0 Å². The van der Waals surface area contributed by atoms with Crippen molar-refractivity contribution in [2.75, 3.05) is 13.7 Å². The first-order chi connectivity index (χ1) is 15.0. The van der Waals surface area contributed by atoms with Crippen LogP contribution in [-0.4, -0.2) is 69.7 Å². The molecule has 0 saturated heterocycles. The standard InChI is InChI=1S/C18H16BrN9O3/c1-9-22-8-28(25-9)16-14-13(11(31-2)6-21-16)10(5-20-14)15(29)17(30)26-3-4-27-12(7-26)23-24-18(27)19/h5-6,8,20H,3-4,7H2,1-2H3. The van der Waals surface area contributed by atoms with Gasteiger partial charge >= 0.3 is 0 Å². The number of pyridine rings is 1. The molecule has 0 fully saturated rings. The number of carbonyl (C=O) groups is 2. The van der Waals surface area contributed by atoms with E-state index < -0.39 is 11.7 Å². The molecule has 1 aliphatic heterocycles. The normalized spacial score (nSPS) is 13.5. The van der Waals surface area contributed by atoms with E-state index in [-0.39, 0.29) is 12.1 Å².